The summed E-state index contributed by atoms with van der Waals surface area (Å²) in [7, 11) is -4.18. The van der Waals surface area contributed by atoms with E-state index in [0.29, 0.717) is 9.41 Å². The van der Waals surface area contributed by atoms with Gasteiger partial charge in [0.2, 0.25) is 0 Å². The molecule has 0 bridgehead atoms. The van der Waals surface area contributed by atoms with E-state index >= 15 is 0 Å². The minimum atomic E-state index is -4.18. The molecule has 4 heterocycles. The van der Waals surface area contributed by atoms with Crippen LogP contribution in [0, 0.1) is 5.41 Å². The van der Waals surface area contributed by atoms with Crippen molar-refractivity contribution < 1.29 is 17.9 Å². The minimum Gasteiger partial charge on any atom is -0.463 e. The van der Waals surface area contributed by atoms with Crippen molar-refractivity contribution in [1.82, 2.24) is 4.57 Å². The number of nitrogens with zero attached hydrogens (tertiary/aromatic N) is 1. The summed E-state index contributed by atoms with van der Waals surface area (Å²) in [5, 5.41) is 11.2. The maximum Gasteiger partial charge on any atom is 0.337 e. The van der Waals surface area contributed by atoms with Gasteiger partial charge in [-0.3, -0.25) is 14.8 Å². The first-order chi connectivity index (χ1) is 17.3. The second-order valence-corrected chi connectivity index (χ2v) is 12.9. The molecule has 3 aromatic heterocycles. The molecule has 0 saturated heterocycles. The summed E-state index contributed by atoms with van der Waals surface area (Å²) in [5.74, 6) is -2.09. The highest BCUT2D eigenvalue weighted by atomic mass is 32.2. The van der Waals surface area contributed by atoms with E-state index in [1.54, 1.807) is 48.7 Å². The highest BCUT2D eigenvalue weighted by Crippen LogP contribution is 2.40. The zero-order valence-corrected chi connectivity index (χ0v) is 22.2. The molecule has 4 aromatic rings. The molecule has 36 heavy (non-hydrogen) atoms. The van der Waals surface area contributed by atoms with Crippen LogP contribution in [0.3, 0.4) is 0 Å². The van der Waals surface area contributed by atoms with E-state index < -0.39 is 32.5 Å². The van der Waals surface area contributed by atoms with E-state index in [1.165, 1.54) is 34.8 Å². The standard InChI is InChI=1S/C25H20N2O5S4/c1-2-32-25(29)20-19(17-11-7-13-34-17)21(36(30,31)16-9-4-3-5-10-16)22(26)27-23(28)18(35-24(20)27)14-15-8-6-12-33-15/h3-14,19,21,26H,2H2,1H3. The van der Waals surface area contributed by atoms with Crippen molar-refractivity contribution in [3.63, 3.8) is 0 Å². The third-order valence-corrected chi connectivity index (χ3v) is 10.7. The van der Waals surface area contributed by atoms with Crippen molar-refractivity contribution in [2.75, 3.05) is 6.61 Å². The fraction of sp³-hybridized carbons (Fsp3) is 0.160. The van der Waals surface area contributed by atoms with E-state index in [-0.39, 0.29) is 27.6 Å². The molecule has 7 nitrogen and oxygen atoms in total. The summed E-state index contributed by atoms with van der Waals surface area (Å²) in [6.07, 6.45) is 1.69. The Labute approximate surface area is 218 Å². The van der Waals surface area contributed by atoms with Crippen LogP contribution in [0.1, 0.15) is 22.6 Å². The highest BCUT2D eigenvalue weighted by Gasteiger charge is 2.48. The number of fused-ring (bicyclic) bond motifs is 1. The number of hydrogen-bond acceptors (Lipinski definition) is 9. The molecule has 0 radical (unpaired) electrons. The first-order valence-corrected chi connectivity index (χ1v) is 15.1. The van der Waals surface area contributed by atoms with Crippen LogP contribution in [0.4, 0.5) is 0 Å². The molecule has 5 rings (SSSR count). The number of carbonyl (C=O) groups excluding carboxylic acids is 1. The van der Waals surface area contributed by atoms with Crippen LogP contribution in [0.2, 0.25) is 0 Å². The van der Waals surface area contributed by atoms with Gasteiger partial charge in [-0.2, -0.15) is 0 Å². The van der Waals surface area contributed by atoms with E-state index in [4.69, 9.17) is 10.1 Å². The Hall–Kier alpha value is -3.12. The second kappa shape index (κ2) is 9.74. The van der Waals surface area contributed by atoms with Gasteiger partial charge in [0, 0.05) is 9.75 Å². The van der Waals surface area contributed by atoms with E-state index in [9.17, 15) is 18.0 Å². The first kappa shape index (κ1) is 24.6. The molecule has 0 spiro atoms. The van der Waals surface area contributed by atoms with Crippen molar-refractivity contribution in [3.8, 4) is 0 Å². The number of nitrogens with one attached hydrogen (secondary N) is 1. The smallest absolute Gasteiger partial charge is 0.337 e. The van der Waals surface area contributed by atoms with Crippen LogP contribution in [-0.4, -0.2) is 36.6 Å². The molecule has 1 aliphatic rings. The Kier molecular flexibility index (Phi) is 6.64. The summed E-state index contributed by atoms with van der Waals surface area (Å²) < 4.78 is 35.0. The molecule has 1 aliphatic heterocycles. The van der Waals surface area contributed by atoms with E-state index in [1.807, 2.05) is 17.5 Å². The summed E-state index contributed by atoms with van der Waals surface area (Å²) in [5.41, 5.74) is -0.458. The van der Waals surface area contributed by atoms with Crippen molar-refractivity contribution in [2.45, 2.75) is 23.0 Å². The molecule has 0 fully saturated rings. The Morgan fingerprint density at radius 1 is 1.08 bits per heavy atom. The van der Waals surface area contributed by atoms with Gasteiger partial charge >= 0.3 is 5.97 Å². The maximum atomic E-state index is 14.0. The average molecular weight is 557 g/mol. The lowest BCUT2D eigenvalue weighted by Crippen LogP contribution is -2.52. The average Bonchev–Trinajstić information content (AvgIpc) is 3.63. The largest absolute Gasteiger partial charge is 0.463 e. The Morgan fingerprint density at radius 2 is 1.81 bits per heavy atom. The number of rotatable bonds is 6. The second-order valence-electron chi connectivity index (χ2n) is 7.86. The Bertz CT molecular complexity index is 1720. The lowest BCUT2D eigenvalue weighted by atomic mass is 9.91. The van der Waals surface area contributed by atoms with Gasteiger partial charge in [0.15, 0.2) is 9.84 Å². The minimum absolute atomic E-state index is 0.0154. The van der Waals surface area contributed by atoms with Gasteiger partial charge < -0.3 is 4.74 Å². The Morgan fingerprint density at radius 3 is 2.44 bits per heavy atom. The maximum absolute atomic E-state index is 14.0. The SMILES string of the molecule is CCOC(=O)C1=c2sc(=Cc3cccs3)c(=O)n2C(=N)C(S(=O)(=O)c2ccccc2)C1c1cccs1. The number of esters is 1. The van der Waals surface area contributed by atoms with Crippen molar-refractivity contribution >= 4 is 67.3 Å². The molecule has 1 aromatic carbocycles. The van der Waals surface area contributed by atoms with Crippen molar-refractivity contribution in [2.24, 2.45) is 0 Å². The molecule has 184 valence electrons. The van der Waals surface area contributed by atoms with Crippen LogP contribution < -0.4 is 14.8 Å². The summed E-state index contributed by atoms with van der Waals surface area (Å²) in [6, 6.07) is 15.0. The summed E-state index contributed by atoms with van der Waals surface area (Å²) >= 11 is 3.81. The molecule has 0 amide bonds. The number of aromatic nitrogens is 1. The molecule has 0 aliphatic carbocycles. The number of benzene rings is 1. The van der Waals surface area contributed by atoms with Crippen LogP contribution in [0.25, 0.3) is 11.6 Å². The molecule has 1 N–H and O–H groups in total. The van der Waals surface area contributed by atoms with Crippen LogP contribution in [0.15, 0.2) is 75.0 Å². The third kappa shape index (κ3) is 4.11. The lowest BCUT2D eigenvalue weighted by Gasteiger charge is -2.31. The van der Waals surface area contributed by atoms with E-state index in [2.05, 4.69) is 0 Å². The predicted molar refractivity (Wildman–Crippen MR) is 143 cm³/mol. The molecule has 11 heteroatoms. The van der Waals surface area contributed by atoms with E-state index in [0.717, 1.165) is 20.8 Å². The zero-order chi connectivity index (χ0) is 25.4. The van der Waals surface area contributed by atoms with Gasteiger partial charge in [-0.25, -0.2) is 13.2 Å². The fourth-order valence-electron chi connectivity index (χ4n) is 4.22. The highest BCUT2D eigenvalue weighted by molar-refractivity contribution is 7.93. The summed E-state index contributed by atoms with van der Waals surface area (Å²) in [6.45, 7) is 1.75. The molecule has 0 saturated carbocycles. The third-order valence-electron chi connectivity index (χ3n) is 5.75. The fourth-order valence-corrected chi connectivity index (χ4v) is 8.94. The van der Waals surface area contributed by atoms with Gasteiger partial charge in [0.05, 0.1) is 27.5 Å². The molecular weight excluding hydrogens is 537 g/mol. The van der Waals surface area contributed by atoms with Gasteiger partial charge in [-0.05, 0) is 48.0 Å². The zero-order valence-electron chi connectivity index (χ0n) is 18.9. The quantitative estimate of drug-likeness (QED) is 0.368. The van der Waals surface area contributed by atoms with Crippen molar-refractivity contribution in [3.05, 3.63) is 94.7 Å². The molecular formula is C25H20N2O5S4. The summed E-state index contributed by atoms with van der Waals surface area (Å²) in [4.78, 5) is 28.4. The first-order valence-electron chi connectivity index (χ1n) is 10.9. The van der Waals surface area contributed by atoms with Crippen LogP contribution in [0.5, 0.6) is 0 Å². The number of hydrogen-bond donors (Lipinski definition) is 1. The van der Waals surface area contributed by atoms with Crippen LogP contribution in [-0.2, 0) is 19.4 Å². The van der Waals surface area contributed by atoms with Gasteiger partial charge in [-0.15, -0.1) is 34.0 Å². The molecule has 2 unspecified atom stereocenters. The lowest BCUT2D eigenvalue weighted by molar-refractivity contribution is -0.136. The van der Waals surface area contributed by atoms with Crippen molar-refractivity contribution in [1.29, 1.82) is 5.41 Å². The van der Waals surface area contributed by atoms with Gasteiger partial charge in [0.25, 0.3) is 5.56 Å². The molecule has 2 atom stereocenters. The Balaban J connectivity index is 1.87. The normalized spacial score (nSPS) is 18.3. The predicted octanol–water partition coefficient (Wildman–Crippen LogP) is 3.04. The monoisotopic (exact) mass is 556 g/mol. The number of thiophene rings is 2. The number of sulfone groups is 1. The van der Waals surface area contributed by atoms with Crippen LogP contribution >= 0.6 is 34.0 Å². The van der Waals surface area contributed by atoms with Gasteiger partial charge in [-0.1, -0.05) is 30.3 Å². The number of ether oxygens (including phenoxy) is 1. The number of thiazole rings is 1. The van der Waals surface area contributed by atoms with Gasteiger partial charge in [0.1, 0.15) is 15.7 Å². The topological polar surface area (TPSA) is 106 Å². The number of carbonyl (C=O) groups is 1.